The van der Waals surface area contributed by atoms with Crippen molar-refractivity contribution in [2.75, 3.05) is 25.0 Å². The average Bonchev–Trinajstić information content (AvgIpc) is 2.62. The zero-order valence-corrected chi connectivity index (χ0v) is 15.9. The molecule has 0 amide bonds. The van der Waals surface area contributed by atoms with Crippen LogP contribution in [0.4, 0.5) is 18.9 Å². The number of carbonyl (C=O) groups is 1. The highest BCUT2D eigenvalue weighted by molar-refractivity contribution is 7.92. The molecule has 2 aromatic rings. The van der Waals surface area contributed by atoms with Crippen LogP contribution in [0.5, 0.6) is 5.75 Å². The Morgan fingerprint density at radius 1 is 1.07 bits per heavy atom. The van der Waals surface area contributed by atoms with Crippen LogP contribution in [0.25, 0.3) is 0 Å². The van der Waals surface area contributed by atoms with Crippen molar-refractivity contribution in [3.05, 3.63) is 53.6 Å². The summed E-state index contributed by atoms with van der Waals surface area (Å²) < 4.78 is 76.4. The van der Waals surface area contributed by atoms with E-state index < -0.39 is 21.8 Å². The minimum Gasteiger partial charge on any atom is -0.489 e. The maximum absolute atomic E-state index is 13.0. The molecule has 0 bridgehead atoms. The van der Waals surface area contributed by atoms with Crippen molar-refractivity contribution < 1.29 is 35.9 Å². The van der Waals surface area contributed by atoms with Gasteiger partial charge in [0.2, 0.25) is 0 Å². The lowest BCUT2D eigenvalue weighted by atomic mass is 10.2. The molecule has 0 heterocycles. The van der Waals surface area contributed by atoms with Crippen molar-refractivity contribution in [1.29, 1.82) is 0 Å². The van der Waals surface area contributed by atoms with E-state index in [1.807, 2.05) is 0 Å². The first kappa shape index (κ1) is 21.7. The molecule has 0 spiro atoms. The lowest BCUT2D eigenvalue weighted by Gasteiger charge is -2.16. The number of Topliss-reactive ketones (excluding diaryl/α,β-unsaturated/α-hetero) is 1. The number of sulfonamides is 1. The molecule has 0 atom stereocenters. The maximum atomic E-state index is 13.0. The molecule has 0 unspecified atom stereocenters. The fraction of sp³-hybridized carbons (Fsp3) is 0.278. The number of methoxy groups -OCH3 is 1. The normalized spacial score (nSPS) is 11.9. The van der Waals surface area contributed by atoms with Crippen molar-refractivity contribution in [1.82, 2.24) is 0 Å². The molecule has 0 fully saturated rings. The summed E-state index contributed by atoms with van der Waals surface area (Å²) in [6.07, 6.45) is -4.66. The Kier molecular flexibility index (Phi) is 6.68. The summed E-state index contributed by atoms with van der Waals surface area (Å²) in [5.41, 5.74) is -1.08. The fourth-order valence-electron chi connectivity index (χ4n) is 2.22. The summed E-state index contributed by atoms with van der Waals surface area (Å²) in [4.78, 5) is 11.1. The maximum Gasteiger partial charge on any atom is 0.416 e. The highest BCUT2D eigenvalue weighted by Crippen LogP contribution is 2.36. The molecule has 1 N–H and O–H groups in total. The van der Waals surface area contributed by atoms with Crippen LogP contribution < -0.4 is 9.46 Å². The van der Waals surface area contributed by atoms with E-state index in [2.05, 4.69) is 4.72 Å². The first-order chi connectivity index (χ1) is 13.0. The molecular formula is C18H18F3NO5S. The molecule has 0 aliphatic heterocycles. The Hall–Kier alpha value is -2.59. The Labute approximate surface area is 160 Å². The second-order valence-corrected chi connectivity index (χ2v) is 7.42. The van der Waals surface area contributed by atoms with Crippen LogP contribution in [0.1, 0.15) is 22.8 Å². The number of ketones is 1. The topological polar surface area (TPSA) is 81.7 Å². The van der Waals surface area contributed by atoms with Gasteiger partial charge in [-0.05, 0) is 37.3 Å². The van der Waals surface area contributed by atoms with Crippen molar-refractivity contribution >= 4 is 21.5 Å². The van der Waals surface area contributed by atoms with Gasteiger partial charge in [-0.25, -0.2) is 8.42 Å². The van der Waals surface area contributed by atoms with Crippen LogP contribution in [0.2, 0.25) is 0 Å². The number of anilines is 1. The highest BCUT2D eigenvalue weighted by atomic mass is 32.2. The number of benzene rings is 2. The summed E-state index contributed by atoms with van der Waals surface area (Å²) in [5.74, 6) is -0.322. The third-order valence-corrected chi connectivity index (χ3v) is 5.05. The number of alkyl halides is 3. The molecule has 0 radical (unpaired) electrons. The minimum absolute atomic E-state index is 0.0178. The summed E-state index contributed by atoms with van der Waals surface area (Å²) in [6, 6.07) is 7.51. The van der Waals surface area contributed by atoms with Gasteiger partial charge in [-0.1, -0.05) is 12.1 Å². The second-order valence-electron chi connectivity index (χ2n) is 5.74. The van der Waals surface area contributed by atoms with Gasteiger partial charge in [0.1, 0.15) is 12.4 Å². The Morgan fingerprint density at radius 3 is 2.25 bits per heavy atom. The van der Waals surface area contributed by atoms with Crippen LogP contribution in [-0.2, 0) is 20.9 Å². The van der Waals surface area contributed by atoms with E-state index in [0.29, 0.717) is 11.6 Å². The zero-order chi connectivity index (χ0) is 20.9. The predicted octanol–water partition coefficient (Wildman–Crippen LogP) is 3.73. The molecule has 2 rings (SSSR count). The van der Waals surface area contributed by atoms with E-state index in [4.69, 9.17) is 9.47 Å². The van der Waals surface area contributed by atoms with Gasteiger partial charge >= 0.3 is 6.18 Å². The Morgan fingerprint density at radius 2 is 1.71 bits per heavy atom. The van der Waals surface area contributed by atoms with Gasteiger partial charge in [0.25, 0.3) is 10.0 Å². The number of hydrogen-bond donors (Lipinski definition) is 1. The van der Waals surface area contributed by atoms with Gasteiger partial charge in [-0.2, -0.15) is 13.2 Å². The number of nitrogens with one attached hydrogen (secondary N) is 1. The van der Waals surface area contributed by atoms with Gasteiger partial charge in [0, 0.05) is 12.7 Å². The van der Waals surface area contributed by atoms with Crippen LogP contribution in [0, 0.1) is 0 Å². The molecule has 0 aromatic heterocycles. The molecular weight excluding hydrogens is 399 g/mol. The first-order valence-electron chi connectivity index (χ1n) is 8.01. The Bertz CT molecular complexity index is 941. The lowest BCUT2D eigenvalue weighted by molar-refractivity contribution is -0.137. The SMILES string of the molecule is COCCOc1ccc(C(F)(F)F)cc1NS(=O)(=O)c1ccc(C(C)=O)cc1. The van der Waals surface area contributed by atoms with Gasteiger partial charge < -0.3 is 9.47 Å². The minimum atomic E-state index is -4.66. The summed E-state index contributed by atoms with van der Waals surface area (Å²) in [6.45, 7) is 1.51. The van der Waals surface area contributed by atoms with Crippen molar-refractivity contribution in [2.45, 2.75) is 18.0 Å². The predicted molar refractivity (Wildman–Crippen MR) is 96.1 cm³/mol. The molecule has 2 aromatic carbocycles. The number of hydrogen-bond acceptors (Lipinski definition) is 5. The molecule has 28 heavy (non-hydrogen) atoms. The monoisotopic (exact) mass is 417 g/mol. The fourth-order valence-corrected chi connectivity index (χ4v) is 3.28. The van der Waals surface area contributed by atoms with Crippen LogP contribution in [0.15, 0.2) is 47.4 Å². The number of carbonyl (C=O) groups excluding carboxylic acids is 1. The highest BCUT2D eigenvalue weighted by Gasteiger charge is 2.32. The van der Waals surface area contributed by atoms with Gasteiger partial charge in [0.05, 0.1) is 22.8 Å². The summed E-state index contributed by atoms with van der Waals surface area (Å²) in [5, 5.41) is 0. The molecule has 10 heteroatoms. The van der Waals surface area contributed by atoms with Gasteiger partial charge in [-0.15, -0.1) is 0 Å². The van der Waals surface area contributed by atoms with E-state index in [1.165, 1.54) is 38.3 Å². The van der Waals surface area contributed by atoms with Crippen molar-refractivity contribution in [2.24, 2.45) is 0 Å². The molecule has 0 aliphatic rings. The van der Waals surface area contributed by atoms with Crippen molar-refractivity contribution in [3.8, 4) is 5.75 Å². The van der Waals surface area contributed by atoms with E-state index >= 15 is 0 Å². The molecule has 0 aliphatic carbocycles. The summed E-state index contributed by atoms with van der Waals surface area (Å²) in [7, 11) is -2.79. The molecule has 0 saturated carbocycles. The van der Waals surface area contributed by atoms with Crippen LogP contribution in [0.3, 0.4) is 0 Å². The first-order valence-corrected chi connectivity index (χ1v) is 9.49. The lowest BCUT2D eigenvalue weighted by Crippen LogP contribution is -2.16. The molecule has 0 saturated heterocycles. The van der Waals surface area contributed by atoms with Crippen LogP contribution >= 0.6 is 0 Å². The van der Waals surface area contributed by atoms with Gasteiger partial charge in [-0.3, -0.25) is 9.52 Å². The Balaban J connectivity index is 2.38. The summed E-state index contributed by atoms with van der Waals surface area (Å²) >= 11 is 0. The largest absolute Gasteiger partial charge is 0.489 e. The molecule has 152 valence electrons. The van der Waals surface area contributed by atoms with Crippen LogP contribution in [-0.4, -0.2) is 34.5 Å². The van der Waals surface area contributed by atoms with E-state index in [1.54, 1.807) is 0 Å². The van der Waals surface area contributed by atoms with Crippen molar-refractivity contribution in [3.63, 3.8) is 0 Å². The number of ether oxygens (including phenoxy) is 2. The standard InChI is InChI=1S/C18H18F3NO5S/c1-12(23)13-3-6-15(7-4-13)28(24,25)22-16-11-14(18(19,20)21)5-8-17(16)27-10-9-26-2/h3-8,11,22H,9-10H2,1-2H3. The average molecular weight is 417 g/mol. The number of rotatable bonds is 8. The smallest absolute Gasteiger partial charge is 0.416 e. The zero-order valence-electron chi connectivity index (χ0n) is 15.0. The third-order valence-electron chi connectivity index (χ3n) is 3.67. The third kappa shape index (κ3) is 5.46. The quantitative estimate of drug-likeness (QED) is 0.523. The second kappa shape index (κ2) is 8.61. The van der Waals surface area contributed by atoms with E-state index in [-0.39, 0.29) is 35.3 Å². The van der Waals surface area contributed by atoms with E-state index in [0.717, 1.165) is 12.1 Å². The molecule has 6 nitrogen and oxygen atoms in total. The number of halogens is 3. The van der Waals surface area contributed by atoms with E-state index in [9.17, 15) is 26.4 Å². The van der Waals surface area contributed by atoms with Gasteiger partial charge in [0.15, 0.2) is 5.78 Å².